The summed E-state index contributed by atoms with van der Waals surface area (Å²) in [6.45, 7) is 2.25. The fraction of sp³-hybridized carbons (Fsp3) is 0.950. The maximum absolute atomic E-state index is 10.4. The van der Waals surface area contributed by atoms with Crippen LogP contribution in [0.1, 0.15) is 110 Å². The first-order valence-corrected chi connectivity index (χ1v) is 10.1. The maximum Gasteiger partial charge on any atom is 0.303 e. The summed E-state index contributed by atoms with van der Waals surface area (Å²) in [7, 11) is 0. The number of carbonyl (C=O) groups is 1. The van der Waals surface area contributed by atoms with Gasteiger partial charge in [-0.25, -0.2) is 0 Å². The standard InChI is InChI=1S/C20H38O3/c1-2-3-12-15-18-19(23-18)16-13-10-8-6-4-5-7-9-11-14-17-20(21)22/h18-19H,2-17H2,1H3,(H,21,22). The molecule has 1 N–H and O–H groups in total. The summed E-state index contributed by atoms with van der Waals surface area (Å²) in [4.78, 5) is 10.4. The molecule has 0 aromatic carbocycles. The van der Waals surface area contributed by atoms with Gasteiger partial charge in [-0.05, 0) is 19.3 Å². The molecule has 0 radical (unpaired) electrons. The Morgan fingerprint density at radius 1 is 0.739 bits per heavy atom. The lowest BCUT2D eigenvalue weighted by molar-refractivity contribution is -0.137. The van der Waals surface area contributed by atoms with Crippen LogP contribution in [0.4, 0.5) is 0 Å². The van der Waals surface area contributed by atoms with E-state index in [1.54, 1.807) is 0 Å². The quantitative estimate of drug-likeness (QED) is 0.259. The summed E-state index contributed by atoms with van der Waals surface area (Å²) in [5.74, 6) is -0.658. The van der Waals surface area contributed by atoms with Gasteiger partial charge in [-0.15, -0.1) is 0 Å². The van der Waals surface area contributed by atoms with Crippen LogP contribution in [0, 0.1) is 0 Å². The summed E-state index contributed by atoms with van der Waals surface area (Å²) in [5, 5.41) is 8.55. The second-order valence-corrected chi connectivity index (χ2v) is 7.18. The average Bonchev–Trinajstić information content (AvgIpc) is 3.27. The van der Waals surface area contributed by atoms with E-state index >= 15 is 0 Å². The fourth-order valence-corrected chi connectivity index (χ4v) is 3.32. The zero-order valence-electron chi connectivity index (χ0n) is 15.2. The summed E-state index contributed by atoms with van der Waals surface area (Å²) < 4.78 is 5.73. The van der Waals surface area contributed by atoms with E-state index in [0.29, 0.717) is 18.6 Å². The number of ether oxygens (including phenoxy) is 1. The van der Waals surface area contributed by atoms with Crippen molar-refractivity contribution in [3.8, 4) is 0 Å². The fourth-order valence-electron chi connectivity index (χ4n) is 3.32. The predicted octanol–water partition coefficient (Wildman–Crippen LogP) is 6.10. The van der Waals surface area contributed by atoms with Crippen molar-refractivity contribution in [2.45, 2.75) is 122 Å². The summed E-state index contributed by atoms with van der Waals surface area (Å²) in [6, 6.07) is 0. The second kappa shape index (κ2) is 13.8. The largest absolute Gasteiger partial charge is 0.481 e. The van der Waals surface area contributed by atoms with E-state index < -0.39 is 5.97 Å². The average molecular weight is 327 g/mol. The SMILES string of the molecule is CCCCCC1OC1CCCCCCCCCCCCC(=O)O. The molecule has 2 unspecified atom stereocenters. The highest BCUT2D eigenvalue weighted by atomic mass is 16.6. The molecule has 0 saturated carbocycles. The summed E-state index contributed by atoms with van der Waals surface area (Å²) in [5.41, 5.74) is 0. The molecule has 3 nitrogen and oxygen atoms in total. The van der Waals surface area contributed by atoms with Crippen molar-refractivity contribution in [2.75, 3.05) is 0 Å². The van der Waals surface area contributed by atoms with Crippen LogP contribution in [0.15, 0.2) is 0 Å². The number of hydrogen-bond donors (Lipinski definition) is 1. The van der Waals surface area contributed by atoms with Crippen LogP contribution in [0.3, 0.4) is 0 Å². The molecule has 0 aromatic heterocycles. The predicted molar refractivity (Wildman–Crippen MR) is 95.8 cm³/mol. The van der Waals surface area contributed by atoms with Crippen molar-refractivity contribution in [2.24, 2.45) is 0 Å². The minimum Gasteiger partial charge on any atom is -0.481 e. The minimum atomic E-state index is -0.658. The Hall–Kier alpha value is -0.570. The normalized spacial score (nSPS) is 19.9. The second-order valence-electron chi connectivity index (χ2n) is 7.18. The first kappa shape index (κ1) is 20.5. The molecule has 0 spiro atoms. The van der Waals surface area contributed by atoms with Gasteiger partial charge in [0.05, 0.1) is 12.2 Å². The van der Waals surface area contributed by atoms with Gasteiger partial charge in [-0.3, -0.25) is 4.79 Å². The first-order chi connectivity index (χ1) is 11.2. The van der Waals surface area contributed by atoms with Gasteiger partial charge >= 0.3 is 5.97 Å². The topological polar surface area (TPSA) is 49.8 Å². The molecular formula is C20H38O3. The molecule has 136 valence electrons. The molecule has 1 aliphatic rings. The number of aliphatic carboxylic acids is 1. The molecular weight excluding hydrogens is 288 g/mol. The van der Waals surface area contributed by atoms with E-state index in [9.17, 15) is 4.79 Å². The molecule has 1 aliphatic heterocycles. The molecule has 1 fully saturated rings. The van der Waals surface area contributed by atoms with Gasteiger partial charge in [0, 0.05) is 6.42 Å². The lowest BCUT2D eigenvalue weighted by atomic mass is 10.0. The minimum absolute atomic E-state index is 0.337. The Morgan fingerprint density at radius 2 is 1.17 bits per heavy atom. The number of unbranched alkanes of at least 4 members (excludes halogenated alkanes) is 11. The molecule has 3 heteroatoms. The van der Waals surface area contributed by atoms with Crippen LogP contribution >= 0.6 is 0 Å². The van der Waals surface area contributed by atoms with E-state index in [1.807, 2.05) is 0 Å². The monoisotopic (exact) mass is 326 g/mol. The maximum atomic E-state index is 10.4. The first-order valence-electron chi connectivity index (χ1n) is 10.1. The molecule has 1 rings (SSSR count). The van der Waals surface area contributed by atoms with Gasteiger partial charge in [0.25, 0.3) is 0 Å². The Labute approximate surface area is 143 Å². The van der Waals surface area contributed by atoms with Gasteiger partial charge in [0.2, 0.25) is 0 Å². The van der Waals surface area contributed by atoms with E-state index in [0.717, 1.165) is 12.8 Å². The Morgan fingerprint density at radius 3 is 1.65 bits per heavy atom. The summed E-state index contributed by atoms with van der Waals surface area (Å²) in [6.07, 6.45) is 20.6. The van der Waals surface area contributed by atoms with Gasteiger partial charge in [0.1, 0.15) is 0 Å². The van der Waals surface area contributed by atoms with Crippen molar-refractivity contribution in [1.29, 1.82) is 0 Å². The molecule has 0 aromatic rings. The third kappa shape index (κ3) is 12.5. The van der Waals surface area contributed by atoms with Crippen molar-refractivity contribution in [3.63, 3.8) is 0 Å². The number of epoxide rings is 1. The molecule has 2 atom stereocenters. The van der Waals surface area contributed by atoms with E-state index in [4.69, 9.17) is 9.84 Å². The van der Waals surface area contributed by atoms with E-state index in [1.165, 1.54) is 83.5 Å². The molecule has 0 bridgehead atoms. The Kier molecular flexibility index (Phi) is 12.3. The smallest absolute Gasteiger partial charge is 0.303 e. The van der Waals surface area contributed by atoms with Gasteiger partial charge in [-0.2, -0.15) is 0 Å². The molecule has 23 heavy (non-hydrogen) atoms. The number of rotatable bonds is 17. The van der Waals surface area contributed by atoms with Crippen LogP contribution in [-0.2, 0) is 9.53 Å². The summed E-state index contributed by atoms with van der Waals surface area (Å²) >= 11 is 0. The zero-order chi connectivity index (χ0) is 16.8. The van der Waals surface area contributed by atoms with Crippen LogP contribution in [0.25, 0.3) is 0 Å². The van der Waals surface area contributed by atoms with Crippen molar-refractivity contribution in [3.05, 3.63) is 0 Å². The van der Waals surface area contributed by atoms with E-state index in [2.05, 4.69) is 6.92 Å². The van der Waals surface area contributed by atoms with Gasteiger partial charge < -0.3 is 9.84 Å². The van der Waals surface area contributed by atoms with Crippen LogP contribution in [0.5, 0.6) is 0 Å². The van der Waals surface area contributed by atoms with Crippen molar-refractivity contribution >= 4 is 5.97 Å². The van der Waals surface area contributed by atoms with Crippen molar-refractivity contribution in [1.82, 2.24) is 0 Å². The van der Waals surface area contributed by atoms with Crippen LogP contribution in [0.2, 0.25) is 0 Å². The molecule has 1 saturated heterocycles. The zero-order valence-corrected chi connectivity index (χ0v) is 15.2. The number of carboxylic acid groups (broad SMARTS) is 1. The lowest BCUT2D eigenvalue weighted by Crippen LogP contribution is -1.94. The van der Waals surface area contributed by atoms with E-state index in [-0.39, 0.29) is 0 Å². The highest BCUT2D eigenvalue weighted by molar-refractivity contribution is 5.66. The van der Waals surface area contributed by atoms with Crippen molar-refractivity contribution < 1.29 is 14.6 Å². The van der Waals surface area contributed by atoms with Crippen LogP contribution in [-0.4, -0.2) is 23.3 Å². The van der Waals surface area contributed by atoms with Gasteiger partial charge in [0.15, 0.2) is 0 Å². The third-order valence-corrected chi connectivity index (χ3v) is 4.91. The Bertz CT molecular complexity index is 291. The van der Waals surface area contributed by atoms with Crippen LogP contribution < -0.4 is 0 Å². The number of carboxylic acids is 1. The Balaban J connectivity index is 1.70. The highest BCUT2D eigenvalue weighted by Gasteiger charge is 2.36. The molecule has 1 heterocycles. The molecule has 0 aliphatic carbocycles. The molecule has 0 amide bonds. The van der Waals surface area contributed by atoms with Gasteiger partial charge in [-0.1, -0.05) is 84.0 Å². The lowest BCUT2D eigenvalue weighted by Gasteiger charge is -2.02. The third-order valence-electron chi connectivity index (χ3n) is 4.91. The number of hydrogen-bond acceptors (Lipinski definition) is 2. The highest BCUT2D eigenvalue weighted by Crippen LogP contribution is 2.31.